The molecule has 1 aromatic heterocycles. The molecule has 1 aliphatic heterocycles. The highest BCUT2D eigenvalue weighted by Gasteiger charge is 2.18. The maximum atomic E-state index is 12.1. The Labute approximate surface area is 123 Å². The lowest BCUT2D eigenvalue weighted by molar-refractivity contribution is 0.0949. The Balaban J connectivity index is 1.59. The molecule has 1 aromatic carbocycles. The standard InChI is InChI=1S/C16H18N4O/c17-15-5-6-18-10-14(15)16(21)20-9-13-7-11-3-1-2-4-12(11)8-19-13/h1-6,10,13,19H,7-9H2,(H2,17,18)(H,20,21). The molecule has 21 heavy (non-hydrogen) atoms. The molecule has 108 valence electrons. The van der Waals surface area contributed by atoms with Crippen LogP contribution >= 0.6 is 0 Å². The molecule has 0 saturated heterocycles. The number of hydrogen-bond acceptors (Lipinski definition) is 4. The van der Waals surface area contributed by atoms with E-state index in [4.69, 9.17) is 5.73 Å². The van der Waals surface area contributed by atoms with Gasteiger partial charge in [0.25, 0.3) is 5.91 Å². The number of carbonyl (C=O) groups excluding carboxylic acids is 1. The molecule has 3 rings (SSSR count). The molecule has 5 heteroatoms. The van der Waals surface area contributed by atoms with Crippen LogP contribution in [0.5, 0.6) is 0 Å². The van der Waals surface area contributed by atoms with Crippen molar-refractivity contribution in [2.24, 2.45) is 0 Å². The summed E-state index contributed by atoms with van der Waals surface area (Å²) in [5.74, 6) is -0.179. The van der Waals surface area contributed by atoms with Gasteiger partial charge in [-0.15, -0.1) is 0 Å². The molecule has 2 aromatic rings. The predicted octanol–water partition coefficient (Wildman–Crippen LogP) is 1.11. The molecule has 0 fully saturated rings. The topological polar surface area (TPSA) is 80.0 Å². The summed E-state index contributed by atoms with van der Waals surface area (Å²) in [5.41, 5.74) is 9.32. The number of carbonyl (C=O) groups is 1. The van der Waals surface area contributed by atoms with Crippen LogP contribution in [-0.2, 0) is 13.0 Å². The fourth-order valence-electron chi connectivity index (χ4n) is 2.57. The Hall–Kier alpha value is -2.40. The minimum absolute atomic E-state index is 0.179. The molecule has 1 aliphatic rings. The van der Waals surface area contributed by atoms with Crippen LogP contribution in [0.4, 0.5) is 5.69 Å². The van der Waals surface area contributed by atoms with Crippen LogP contribution in [0.25, 0.3) is 0 Å². The van der Waals surface area contributed by atoms with E-state index in [1.165, 1.54) is 17.3 Å². The van der Waals surface area contributed by atoms with E-state index in [9.17, 15) is 4.79 Å². The first kappa shape index (κ1) is 13.6. The number of rotatable bonds is 3. The summed E-state index contributed by atoms with van der Waals surface area (Å²) < 4.78 is 0. The Morgan fingerprint density at radius 1 is 1.33 bits per heavy atom. The van der Waals surface area contributed by atoms with Crippen LogP contribution in [0.3, 0.4) is 0 Å². The van der Waals surface area contributed by atoms with E-state index in [0.717, 1.165) is 13.0 Å². The molecule has 4 N–H and O–H groups in total. The van der Waals surface area contributed by atoms with Crippen molar-refractivity contribution in [3.05, 3.63) is 59.4 Å². The smallest absolute Gasteiger partial charge is 0.255 e. The zero-order chi connectivity index (χ0) is 14.7. The van der Waals surface area contributed by atoms with Gasteiger partial charge in [0.2, 0.25) is 0 Å². The number of nitrogens with one attached hydrogen (secondary N) is 2. The second-order valence-electron chi connectivity index (χ2n) is 5.22. The summed E-state index contributed by atoms with van der Waals surface area (Å²) in [4.78, 5) is 16.0. The van der Waals surface area contributed by atoms with Gasteiger partial charge in [0.05, 0.1) is 5.56 Å². The number of hydrogen-bond donors (Lipinski definition) is 3. The summed E-state index contributed by atoms with van der Waals surface area (Å²) in [6.45, 7) is 1.41. The highest BCUT2D eigenvalue weighted by atomic mass is 16.1. The average molecular weight is 282 g/mol. The van der Waals surface area contributed by atoms with Crippen LogP contribution in [-0.4, -0.2) is 23.5 Å². The lowest BCUT2D eigenvalue weighted by Crippen LogP contribution is -2.44. The van der Waals surface area contributed by atoms with Gasteiger partial charge >= 0.3 is 0 Å². The zero-order valence-corrected chi connectivity index (χ0v) is 11.7. The minimum Gasteiger partial charge on any atom is -0.398 e. The fraction of sp³-hybridized carbons (Fsp3) is 0.250. The van der Waals surface area contributed by atoms with Gasteiger partial charge in [-0.3, -0.25) is 9.78 Å². The summed E-state index contributed by atoms with van der Waals surface area (Å²) >= 11 is 0. The SMILES string of the molecule is Nc1ccncc1C(=O)NCC1Cc2ccccc2CN1. The molecule has 1 amide bonds. The highest BCUT2D eigenvalue weighted by molar-refractivity contribution is 5.98. The van der Waals surface area contributed by atoms with E-state index >= 15 is 0 Å². The maximum absolute atomic E-state index is 12.1. The van der Waals surface area contributed by atoms with Crippen molar-refractivity contribution in [3.63, 3.8) is 0 Å². The van der Waals surface area contributed by atoms with Crippen molar-refractivity contribution < 1.29 is 4.79 Å². The van der Waals surface area contributed by atoms with Crippen LogP contribution in [0.2, 0.25) is 0 Å². The normalized spacial score (nSPS) is 17.0. The van der Waals surface area contributed by atoms with Crippen molar-refractivity contribution in [2.75, 3.05) is 12.3 Å². The molecule has 1 unspecified atom stereocenters. The second kappa shape index (κ2) is 5.93. The highest BCUT2D eigenvalue weighted by Crippen LogP contribution is 2.16. The molecule has 0 bridgehead atoms. The third-order valence-electron chi connectivity index (χ3n) is 3.77. The third kappa shape index (κ3) is 3.03. The zero-order valence-electron chi connectivity index (χ0n) is 11.7. The first-order chi connectivity index (χ1) is 10.2. The minimum atomic E-state index is -0.179. The average Bonchev–Trinajstić information content (AvgIpc) is 2.53. The molecule has 1 atom stereocenters. The van der Waals surface area contributed by atoms with Crippen molar-refractivity contribution in [2.45, 2.75) is 19.0 Å². The van der Waals surface area contributed by atoms with E-state index in [1.807, 2.05) is 6.07 Å². The number of fused-ring (bicyclic) bond motifs is 1. The number of nitrogens with zero attached hydrogens (tertiary/aromatic N) is 1. The molecule has 2 heterocycles. The number of anilines is 1. The maximum Gasteiger partial charge on any atom is 0.255 e. The van der Waals surface area contributed by atoms with E-state index in [-0.39, 0.29) is 11.9 Å². The van der Waals surface area contributed by atoms with E-state index in [0.29, 0.717) is 17.8 Å². The van der Waals surface area contributed by atoms with Crippen LogP contribution in [0, 0.1) is 0 Å². The lowest BCUT2D eigenvalue weighted by Gasteiger charge is -2.26. The quantitative estimate of drug-likeness (QED) is 0.788. The number of nitrogen functional groups attached to an aromatic ring is 1. The van der Waals surface area contributed by atoms with Gasteiger partial charge in [-0.2, -0.15) is 0 Å². The molecule has 0 radical (unpaired) electrons. The summed E-state index contributed by atoms with van der Waals surface area (Å²) in [7, 11) is 0. The van der Waals surface area contributed by atoms with Crippen molar-refractivity contribution in [1.82, 2.24) is 15.6 Å². The van der Waals surface area contributed by atoms with Crippen LogP contribution in [0.1, 0.15) is 21.5 Å². The molecule has 0 saturated carbocycles. The molecule has 0 spiro atoms. The third-order valence-corrected chi connectivity index (χ3v) is 3.77. The Morgan fingerprint density at radius 2 is 2.14 bits per heavy atom. The first-order valence-corrected chi connectivity index (χ1v) is 7.02. The Kier molecular flexibility index (Phi) is 3.83. The van der Waals surface area contributed by atoms with E-state index in [2.05, 4.69) is 33.8 Å². The number of benzene rings is 1. The largest absolute Gasteiger partial charge is 0.398 e. The van der Waals surface area contributed by atoms with Crippen molar-refractivity contribution in [1.29, 1.82) is 0 Å². The first-order valence-electron chi connectivity index (χ1n) is 7.02. The fourth-order valence-corrected chi connectivity index (χ4v) is 2.57. The van der Waals surface area contributed by atoms with Gasteiger partial charge < -0.3 is 16.4 Å². The summed E-state index contributed by atoms with van der Waals surface area (Å²) in [6, 6.07) is 10.2. The van der Waals surface area contributed by atoms with E-state index < -0.39 is 0 Å². The summed E-state index contributed by atoms with van der Waals surface area (Å²) in [6.07, 6.45) is 3.99. The van der Waals surface area contributed by atoms with Crippen LogP contribution in [0.15, 0.2) is 42.7 Å². The molecule has 0 aliphatic carbocycles. The lowest BCUT2D eigenvalue weighted by atomic mass is 9.96. The van der Waals surface area contributed by atoms with Gasteiger partial charge in [-0.1, -0.05) is 24.3 Å². The Morgan fingerprint density at radius 3 is 2.95 bits per heavy atom. The molecule has 5 nitrogen and oxygen atoms in total. The van der Waals surface area contributed by atoms with Gasteiger partial charge in [0.15, 0.2) is 0 Å². The van der Waals surface area contributed by atoms with Crippen LogP contribution < -0.4 is 16.4 Å². The number of pyridine rings is 1. The molecular weight excluding hydrogens is 264 g/mol. The van der Waals surface area contributed by atoms with Gasteiger partial charge in [-0.25, -0.2) is 0 Å². The van der Waals surface area contributed by atoms with Crippen molar-refractivity contribution >= 4 is 11.6 Å². The summed E-state index contributed by atoms with van der Waals surface area (Å²) in [5, 5.41) is 6.35. The predicted molar refractivity (Wildman–Crippen MR) is 81.8 cm³/mol. The monoisotopic (exact) mass is 282 g/mol. The Bertz CT molecular complexity index is 656. The van der Waals surface area contributed by atoms with Gasteiger partial charge in [-0.05, 0) is 23.6 Å². The van der Waals surface area contributed by atoms with Crippen molar-refractivity contribution in [3.8, 4) is 0 Å². The van der Waals surface area contributed by atoms with E-state index in [1.54, 1.807) is 12.3 Å². The number of aromatic nitrogens is 1. The van der Waals surface area contributed by atoms with Gasteiger partial charge in [0, 0.05) is 37.2 Å². The second-order valence-corrected chi connectivity index (χ2v) is 5.22. The number of amides is 1. The van der Waals surface area contributed by atoms with Gasteiger partial charge in [0.1, 0.15) is 0 Å². The number of nitrogens with two attached hydrogens (primary N) is 1. The molecular formula is C16H18N4O.